The summed E-state index contributed by atoms with van der Waals surface area (Å²) in [7, 11) is 1.66. The Morgan fingerprint density at radius 1 is 1.29 bits per heavy atom. The fraction of sp³-hybridized carbons (Fsp3) is 0.600. The molecule has 1 aliphatic heterocycles. The van der Waals surface area contributed by atoms with Crippen LogP contribution in [0.1, 0.15) is 50.5 Å². The number of methoxy groups -OCH3 is 1. The molecule has 1 fully saturated rings. The van der Waals surface area contributed by atoms with Crippen molar-refractivity contribution in [2.45, 2.75) is 45.7 Å². The van der Waals surface area contributed by atoms with Gasteiger partial charge in [-0.05, 0) is 34.0 Å². The number of nitrogens with zero attached hydrogens (tertiary/aromatic N) is 4. The number of nitrogens with one attached hydrogen (secondary N) is 1. The third kappa shape index (κ3) is 4.86. The average Bonchev–Trinajstić information content (AvgIpc) is 3.14. The van der Waals surface area contributed by atoms with Gasteiger partial charge in [0.2, 0.25) is 11.7 Å². The number of tetrazole rings is 1. The summed E-state index contributed by atoms with van der Waals surface area (Å²) in [5.74, 6) is 2.09. The first-order valence-corrected chi connectivity index (χ1v) is 10.0. The molecule has 152 valence electrons. The van der Waals surface area contributed by atoms with Gasteiger partial charge in [0.25, 0.3) is 0 Å². The predicted molar refractivity (Wildman–Crippen MR) is 105 cm³/mol. The number of carbonyl (C=O) groups is 1. The largest absolute Gasteiger partial charge is 0.497 e. The smallest absolute Gasteiger partial charge is 0.220 e. The zero-order valence-corrected chi connectivity index (χ0v) is 17.0. The Labute approximate surface area is 166 Å². The number of aromatic nitrogens is 4. The summed E-state index contributed by atoms with van der Waals surface area (Å²) in [6.07, 6.45) is 2.66. The molecule has 2 aromatic rings. The van der Waals surface area contributed by atoms with E-state index >= 15 is 0 Å². The van der Waals surface area contributed by atoms with E-state index in [1.807, 2.05) is 28.9 Å². The van der Waals surface area contributed by atoms with Crippen LogP contribution >= 0.6 is 0 Å². The Bertz CT molecular complexity index is 765. The van der Waals surface area contributed by atoms with Crippen molar-refractivity contribution in [1.82, 2.24) is 20.2 Å². The third-order valence-electron chi connectivity index (χ3n) is 5.59. The van der Waals surface area contributed by atoms with E-state index in [1.54, 1.807) is 7.11 Å². The average molecular weight is 388 g/mol. The first-order chi connectivity index (χ1) is 13.5. The molecule has 8 heteroatoms. The van der Waals surface area contributed by atoms with Gasteiger partial charge in [0.1, 0.15) is 11.8 Å². The maximum atomic E-state index is 11.5. The molecule has 1 aromatic carbocycles. The summed E-state index contributed by atoms with van der Waals surface area (Å²) in [4.78, 5) is 12.9. The molecular formula is C20H31N6O2+. The monoisotopic (exact) mass is 387 g/mol. The lowest BCUT2D eigenvalue weighted by Gasteiger charge is -2.34. The lowest BCUT2D eigenvalue weighted by molar-refractivity contribution is -0.938. The predicted octanol–water partition coefficient (Wildman–Crippen LogP) is 0.597. The van der Waals surface area contributed by atoms with Crippen molar-refractivity contribution in [2.24, 2.45) is 17.6 Å². The summed E-state index contributed by atoms with van der Waals surface area (Å²) < 4.78 is 7.14. The van der Waals surface area contributed by atoms with E-state index < -0.39 is 0 Å². The van der Waals surface area contributed by atoms with E-state index in [0.717, 1.165) is 49.5 Å². The van der Waals surface area contributed by atoms with Crippen LogP contribution in [0, 0.1) is 11.8 Å². The second-order valence-electron chi connectivity index (χ2n) is 8.06. The Morgan fingerprint density at radius 2 is 1.96 bits per heavy atom. The van der Waals surface area contributed by atoms with Gasteiger partial charge in [-0.3, -0.25) is 4.79 Å². The number of piperidine rings is 1. The number of primary amides is 1. The van der Waals surface area contributed by atoms with Crippen LogP contribution in [-0.4, -0.2) is 46.3 Å². The maximum Gasteiger partial charge on any atom is 0.220 e. The summed E-state index contributed by atoms with van der Waals surface area (Å²) in [6.45, 7) is 6.90. The Balaban J connectivity index is 1.77. The van der Waals surface area contributed by atoms with Gasteiger partial charge in [0.15, 0.2) is 0 Å². The van der Waals surface area contributed by atoms with Crippen molar-refractivity contribution in [3.63, 3.8) is 0 Å². The number of ether oxygens (including phenoxy) is 1. The summed E-state index contributed by atoms with van der Waals surface area (Å²) in [5.41, 5.74) is 6.63. The number of hydrogen-bond donors (Lipinski definition) is 2. The van der Waals surface area contributed by atoms with Gasteiger partial charge >= 0.3 is 0 Å². The van der Waals surface area contributed by atoms with E-state index in [9.17, 15) is 4.79 Å². The van der Waals surface area contributed by atoms with Crippen molar-refractivity contribution in [1.29, 1.82) is 0 Å². The molecule has 8 nitrogen and oxygen atoms in total. The fourth-order valence-corrected chi connectivity index (χ4v) is 4.03. The van der Waals surface area contributed by atoms with Crippen LogP contribution in [0.2, 0.25) is 0 Å². The standard InChI is InChI=1S/C20H30N6O2/c1-14(2)12-18(25-10-8-16(9-11-25)19(21)27)20-22-23-24-26(20)13-15-4-6-17(28-3)7-5-15/h4-7,14,16,18H,8-13H2,1-3H3,(H2,21,27)/p+1/t18-/m1/s1. The molecule has 2 heterocycles. The van der Waals surface area contributed by atoms with Gasteiger partial charge < -0.3 is 15.4 Å². The van der Waals surface area contributed by atoms with Crippen molar-refractivity contribution in [3.05, 3.63) is 35.7 Å². The van der Waals surface area contributed by atoms with E-state index in [-0.39, 0.29) is 17.9 Å². The Morgan fingerprint density at radius 3 is 2.54 bits per heavy atom. The van der Waals surface area contributed by atoms with Crippen LogP contribution in [0.15, 0.2) is 24.3 Å². The highest BCUT2D eigenvalue weighted by atomic mass is 16.5. The second-order valence-corrected chi connectivity index (χ2v) is 8.06. The lowest BCUT2D eigenvalue weighted by atomic mass is 9.93. The first kappa shape index (κ1) is 20.3. The first-order valence-electron chi connectivity index (χ1n) is 10.0. The topological polar surface area (TPSA) is 100 Å². The summed E-state index contributed by atoms with van der Waals surface area (Å²) >= 11 is 0. The van der Waals surface area contributed by atoms with Crippen LogP contribution in [0.25, 0.3) is 0 Å². The molecule has 1 saturated heterocycles. The molecule has 1 atom stereocenters. The highest BCUT2D eigenvalue weighted by Gasteiger charge is 2.35. The molecule has 0 bridgehead atoms. The molecular weight excluding hydrogens is 356 g/mol. The minimum atomic E-state index is -0.177. The number of carbonyl (C=O) groups excluding carboxylic acids is 1. The van der Waals surface area contributed by atoms with Crippen LogP contribution in [0.4, 0.5) is 0 Å². The molecule has 1 amide bonds. The number of likely N-dealkylation sites (tertiary alicyclic amines) is 1. The molecule has 0 radical (unpaired) electrons. The van der Waals surface area contributed by atoms with Crippen LogP contribution < -0.4 is 15.4 Å². The summed E-state index contributed by atoms with van der Waals surface area (Å²) in [5, 5.41) is 12.6. The minimum Gasteiger partial charge on any atom is -0.497 e. The van der Waals surface area contributed by atoms with Gasteiger partial charge in [0.05, 0.1) is 26.7 Å². The van der Waals surface area contributed by atoms with Crippen LogP contribution in [-0.2, 0) is 11.3 Å². The number of hydrogen-bond acceptors (Lipinski definition) is 5. The highest BCUT2D eigenvalue weighted by Crippen LogP contribution is 2.20. The minimum absolute atomic E-state index is 0.00116. The Hall–Kier alpha value is -2.48. The van der Waals surface area contributed by atoms with Crippen molar-refractivity contribution in [2.75, 3.05) is 20.2 Å². The second kappa shape index (κ2) is 9.14. The molecule has 3 rings (SSSR count). The van der Waals surface area contributed by atoms with E-state index in [2.05, 4.69) is 29.4 Å². The van der Waals surface area contributed by atoms with Gasteiger partial charge in [0, 0.05) is 25.2 Å². The zero-order valence-electron chi connectivity index (χ0n) is 17.0. The molecule has 1 aromatic heterocycles. The molecule has 0 aliphatic carbocycles. The van der Waals surface area contributed by atoms with Crippen LogP contribution in [0.5, 0.6) is 5.75 Å². The Kier molecular flexibility index (Phi) is 6.61. The van der Waals surface area contributed by atoms with Crippen molar-refractivity contribution < 1.29 is 14.4 Å². The number of nitrogens with two attached hydrogens (primary N) is 1. The highest BCUT2D eigenvalue weighted by molar-refractivity contribution is 5.76. The normalized spacial score (nSPS) is 20.9. The number of quaternary nitrogens is 1. The van der Waals surface area contributed by atoms with Gasteiger partial charge in [-0.1, -0.05) is 26.0 Å². The molecule has 0 unspecified atom stereocenters. The third-order valence-corrected chi connectivity index (χ3v) is 5.59. The molecule has 1 aliphatic rings. The zero-order chi connectivity index (χ0) is 20.1. The van der Waals surface area contributed by atoms with Gasteiger partial charge in [-0.25, -0.2) is 4.68 Å². The molecule has 0 spiro atoms. The fourth-order valence-electron chi connectivity index (χ4n) is 4.03. The number of rotatable bonds is 8. The van der Waals surface area contributed by atoms with Crippen LogP contribution in [0.3, 0.4) is 0 Å². The molecule has 3 N–H and O–H groups in total. The summed E-state index contributed by atoms with van der Waals surface area (Å²) in [6, 6.07) is 8.18. The SMILES string of the molecule is COc1ccc(Cn2nnnc2[C@@H](CC(C)C)[NH+]2CCC(C(N)=O)CC2)cc1. The quantitative estimate of drug-likeness (QED) is 0.691. The lowest BCUT2D eigenvalue weighted by Crippen LogP contribution is -3.13. The van der Waals surface area contributed by atoms with E-state index in [0.29, 0.717) is 12.5 Å². The van der Waals surface area contributed by atoms with Crippen molar-refractivity contribution >= 4 is 5.91 Å². The van der Waals surface area contributed by atoms with E-state index in [4.69, 9.17) is 10.5 Å². The van der Waals surface area contributed by atoms with Gasteiger partial charge in [-0.2, -0.15) is 0 Å². The maximum absolute atomic E-state index is 11.5. The molecule has 0 saturated carbocycles. The van der Waals surface area contributed by atoms with E-state index in [1.165, 1.54) is 4.90 Å². The molecule has 28 heavy (non-hydrogen) atoms. The number of amides is 1. The van der Waals surface area contributed by atoms with Crippen molar-refractivity contribution in [3.8, 4) is 5.75 Å². The van der Waals surface area contributed by atoms with Gasteiger partial charge in [-0.15, -0.1) is 5.10 Å². The number of benzene rings is 1.